The maximum Gasteiger partial charge on any atom is 0.338 e. The van der Waals surface area contributed by atoms with E-state index in [0.717, 1.165) is 17.3 Å². The Morgan fingerprint density at radius 1 is 1.16 bits per heavy atom. The molecule has 0 radical (unpaired) electrons. The van der Waals surface area contributed by atoms with E-state index in [4.69, 9.17) is 21.4 Å². The van der Waals surface area contributed by atoms with Gasteiger partial charge in [0.15, 0.2) is 4.32 Å². The molecule has 156 valence electrons. The second-order valence-electron chi connectivity index (χ2n) is 6.47. The summed E-state index contributed by atoms with van der Waals surface area (Å²) in [5.41, 5.74) is 1.34. The molecule has 0 bridgehead atoms. The number of nitrogens with zero attached hydrogens (tertiary/aromatic N) is 1. The largest absolute Gasteiger partial charge is 0.462 e. The van der Waals surface area contributed by atoms with Crippen LogP contribution in [0.5, 0.6) is 0 Å². The number of thiocarbonyl (C=S) groups is 1. The van der Waals surface area contributed by atoms with Gasteiger partial charge in [-0.15, -0.1) is 0 Å². The molecule has 1 fully saturated rings. The van der Waals surface area contributed by atoms with Gasteiger partial charge in [0.25, 0.3) is 5.91 Å². The van der Waals surface area contributed by atoms with Gasteiger partial charge >= 0.3 is 5.97 Å². The van der Waals surface area contributed by atoms with Crippen molar-refractivity contribution in [2.75, 3.05) is 11.5 Å². The fourth-order valence-electron chi connectivity index (χ4n) is 3.01. The van der Waals surface area contributed by atoms with E-state index >= 15 is 0 Å². The van der Waals surface area contributed by atoms with Crippen LogP contribution in [0.1, 0.15) is 23.0 Å². The predicted octanol–water partition coefficient (Wildman–Crippen LogP) is 5.67. The first kappa shape index (κ1) is 21.0. The molecule has 2 aromatic carbocycles. The molecule has 1 aliphatic heterocycles. The van der Waals surface area contributed by atoms with Crippen molar-refractivity contribution in [1.29, 1.82) is 0 Å². The molecule has 0 unspecified atom stereocenters. The van der Waals surface area contributed by atoms with Gasteiger partial charge in [-0.3, -0.25) is 9.69 Å². The number of carbonyl (C=O) groups is 2. The molecular weight excluding hydrogens is 437 g/mol. The summed E-state index contributed by atoms with van der Waals surface area (Å²) < 4.78 is 25.2. The summed E-state index contributed by atoms with van der Waals surface area (Å²) in [5.74, 6) is -0.278. The fourth-order valence-corrected chi connectivity index (χ4v) is 4.27. The van der Waals surface area contributed by atoms with Crippen molar-refractivity contribution in [2.24, 2.45) is 0 Å². The highest BCUT2D eigenvalue weighted by molar-refractivity contribution is 8.27. The van der Waals surface area contributed by atoms with E-state index in [1.54, 1.807) is 61.5 Å². The first-order valence-corrected chi connectivity index (χ1v) is 10.6. The molecule has 0 aliphatic carbocycles. The number of ether oxygens (including phenoxy) is 1. The molecule has 2 heterocycles. The highest BCUT2D eigenvalue weighted by Crippen LogP contribution is 2.37. The van der Waals surface area contributed by atoms with Gasteiger partial charge in [-0.1, -0.05) is 48.2 Å². The average Bonchev–Trinajstić information content (AvgIpc) is 3.34. The summed E-state index contributed by atoms with van der Waals surface area (Å²) in [6.07, 6.45) is 1.58. The van der Waals surface area contributed by atoms with E-state index in [2.05, 4.69) is 0 Å². The summed E-state index contributed by atoms with van der Waals surface area (Å²) in [7, 11) is 0. The van der Waals surface area contributed by atoms with Gasteiger partial charge in [0, 0.05) is 11.6 Å². The second-order valence-corrected chi connectivity index (χ2v) is 8.14. The third-order valence-electron chi connectivity index (χ3n) is 4.47. The molecule has 0 atom stereocenters. The maximum absolute atomic E-state index is 14.1. The van der Waals surface area contributed by atoms with Crippen LogP contribution in [0.4, 0.5) is 10.1 Å². The van der Waals surface area contributed by atoms with E-state index in [9.17, 15) is 14.0 Å². The van der Waals surface area contributed by atoms with Gasteiger partial charge in [-0.25, -0.2) is 9.18 Å². The van der Waals surface area contributed by atoms with Crippen LogP contribution >= 0.6 is 24.0 Å². The Morgan fingerprint density at radius 2 is 1.90 bits per heavy atom. The molecule has 1 amide bonds. The molecular formula is C23H16FNO4S2. The van der Waals surface area contributed by atoms with Crippen LogP contribution in [-0.2, 0) is 9.53 Å². The molecule has 4 rings (SSSR count). The number of hydrogen-bond acceptors (Lipinski definition) is 6. The molecule has 1 saturated heterocycles. The number of rotatable bonds is 5. The average molecular weight is 454 g/mol. The number of para-hydroxylation sites is 1. The maximum atomic E-state index is 14.1. The van der Waals surface area contributed by atoms with E-state index in [1.165, 1.54) is 17.0 Å². The van der Waals surface area contributed by atoms with Gasteiger partial charge in [-0.2, -0.15) is 0 Å². The summed E-state index contributed by atoms with van der Waals surface area (Å²) in [5, 5.41) is 0. The third-order valence-corrected chi connectivity index (χ3v) is 5.77. The Bertz CT molecular complexity index is 1200. The van der Waals surface area contributed by atoms with Gasteiger partial charge in [-0.05, 0) is 43.3 Å². The smallest absolute Gasteiger partial charge is 0.338 e. The summed E-state index contributed by atoms with van der Waals surface area (Å²) >= 11 is 6.36. The van der Waals surface area contributed by atoms with Crippen LogP contribution in [0.3, 0.4) is 0 Å². The number of halogens is 1. The first-order valence-electron chi connectivity index (χ1n) is 9.38. The lowest BCUT2D eigenvalue weighted by Crippen LogP contribution is -2.28. The minimum atomic E-state index is -0.522. The number of carbonyl (C=O) groups excluding carboxylic acids is 2. The van der Waals surface area contributed by atoms with Gasteiger partial charge < -0.3 is 9.15 Å². The SMILES string of the molecule is CCOC(=O)c1ccc(-c2ccc(/C=C3/SC(=S)N(c4ccccc4F)C3=O)o2)cc1. The number of esters is 1. The quantitative estimate of drug-likeness (QED) is 0.282. The van der Waals surface area contributed by atoms with Gasteiger partial charge in [0.2, 0.25) is 0 Å². The van der Waals surface area contributed by atoms with Crippen molar-refractivity contribution < 1.29 is 23.1 Å². The van der Waals surface area contributed by atoms with Crippen molar-refractivity contribution in [1.82, 2.24) is 0 Å². The molecule has 3 aromatic rings. The van der Waals surface area contributed by atoms with Crippen LogP contribution in [0.15, 0.2) is 70.0 Å². The fraction of sp³-hybridized carbons (Fsp3) is 0.0870. The Kier molecular flexibility index (Phi) is 6.01. The molecule has 0 spiro atoms. The Labute approximate surface area is 187 Å². The van der Waals surface area contributed by atoms with Gasteiger partial charge in [0.1, 0.15) is 17.3 Å². The molecule has 0 N–H and O–H groups in total. The van der Waals surface area contributed by atoms with E-state index < -0.39 is 11.7 Å². The number of amides is 1. The van der Waals surface area contributed by atoms with Crippen LogP contribution in [0.2, 0.25) is 0 Å². The normalized spacial score (nSPS) is 15.0. The first-order chi connectivity index (χ1) is 15.0. The zero-order valence-electron chi connectivity index (χ0n) is 16.3. The number of thioether (sulfide) groups is 1. The highest BCUT2D eigenvalue weighted by Gasteiger charge is 2.34. The van der Waals surface area contributed by atoms with Gasteiger partial charge in [0.05, 0.1) is 22.8 Å². The zero-order chi connectivity index (χ0) is 22.0. The Hall–Kier alpha value is -3.23. The lowest BCUT2D eigenvalue weighted by Gasteiger charge is -2.14. The summed E-state index contributed by atoms with van der Waals surface area (Å²) in [6, 6.07) is 16.3. The lowest BCUT2D eigenvalue weighted by molar-refractivity contribution is -0.113. The second kappa shape index (κ2) is 8.87. The molecule has 0 saturated carbocycles. The minimum absolute atomic E-state index is 0.121. The number of furan rings is 1. The molecule has 1 aromatic heterocycles. The minimum Gasteiger partial charge on any atom is -0.462 e. The van der Waals surface area contributed by atoms with E-state index in [0.29, 0.717) is 28.6 Å². The summed E-state index contributed by atoms with van der Waals surface area (Å²) in [6.45, 7) is 2.06. The van der Waals surface area contributed by atoms with Crippen LogP contribution in [0.25, 0.3) is 17.4 Å². The van der Waals surface area contributed by atoms with Crippen molar-refractivity contribution in [2.45, 2.75) is 6.92 Å². The zero-order valence-corrected chi connectivity index (χ0v) is 18.0. The van der Waals surface area contributed by atoms with Crippen LogP contribution in [-0.4, -0.2) is 22.8 Å². The number of hydrogen-bond donors (Lipinski definition) is 0. The van der Waals surface area contributed by atoms with Crippen molar-refractivity contribution in [3.8, 4) is 11.3 Å². The molecule has 1 aliphatic rings. The Balaban J connectivity index is 1.55. The topological polar surface area (TPSA) is 59.8 Å². The molecule has 5 nitrogen and oxygen atoms in total. The van der Waals surface area contributed by atoms with Crippen LogP contribution < -0.4 is 4.90 Å². The third kappa shape index (κ3) is 4.30. The van der Waals surface area contributed by atoms with Crippen molar-refractivity contribution in [3.63, 3.8) is 0 Å². The summed E-state index contributed by atoms with van der Waals surface area (Å²) in [4.78, 5) is 26.1. The van der Waals surface area contributed by atoms with Crippen LogP contribution in [0, 0.1) is 5.82 Å². The molecule has 8 heteroatoms. The molecule has 31 heavy (non-hydrogen) atoms. The number of benzene rings is 2. The standard InChI is InChI=1S/C23H16FNO4S2/c1-2-28-22(27)15-9-7-14(8-10-15)19-12-11-16(29-19)13-20-21(26)25(23(30)31-20)18-6-4-3-5-17(18)24/h3-13H,2H2,1H3/b20-13+. The Morgan fingerprint density at radius 3 is 2.61 bits per heavy atom. The lowest BCUT2D eigenvalue weighted by atomic mass is 10.1. The highest BCUT2D eigenvalue weighted by atomic mass is 32.2. The van der Waals surface area contributed by atoms with E-state index in [1.807, 2.05) is 0 Å². The predicted molar refractivity (Wildman–Crippen MR) is 122 cm³/mol. The van der Waals surface area contributed by atoms with E-state index in [-0.39, 0.29) is 16.0 Å². The van der Waals surface area contributed by atoms with Crippen molar-refractivity contribution >= 4 is 51.9 Å². The number of anilines is 1. The van der Waals surface area contributed by atoms with Crippen molar-refractivity contribution in [3.05, 3.63) is 82.7 Å². The monoisotopic (exact) mass is 453 g/mol.